The molecule has 96 valence electrons. The highest BCUT2D eigenvalue weighted by molar-refractivity contribution is 5.96. The summed E-state index contributed by atoms with van der Waals surface area (Å²) in [4.78, 5) is 20.4. The first-order valence-electron chi connectivity index (χ1n) is 5.97. The SMILES string of the molecule is CC(=O)C1=C(C)Nc2ncnn2[C@H]1c1ccccn1. The van der Waals surface area contributed by atoms with E-state index in [2.05, 4.69) is 20.4 Å². The Morgan fingerprint density at radius 1 is 1.37 bits per heavy atom. The minimum Gasteiger partial charge on any atom is -0.328 e. The molecule has 2 aromatic rings. The topological polar surface area (TPSA) is 72.7 Å². The Morgan fingerprint density at radius 3 is 2.89 bits per heavy atom. The number of nitrogens with zero attached hydrogens (tertiary/aromatic N) is 4. The maximum absolute atomic E-state index is 11.9. The molecule has 0 spiro atoms. The van der Waals surface area contributed by atoms with E-state index in [0.29, 0.717) is 11.5 Å². The molecule has 1 N–H and O–H groups in total. The van der Waals surface area contributed by atoms with Crippen molar-refractivity contribution >= 4 is 11.7 Å². The lowest BCUT2D eigenvalue weighted by Gasteiger charge is -2.27. The van der Waals surface area contributed by atoms with Crippen molar-refractivity contribution in [3.63, 3.8) is 0 Å². The molecule has 0 bridgehead atoms. The average Bonchev–Trinajstić information content (AvgIpc) is 2.85. The Kier molecular flexibility index (Phi) is 2.63. The molecule has 1 aliphatic rings. The zero-order valence-corrected chi connectivity index (χ0v) is 10.7. The first kappa shape index (κ1) is 11.6. The van der Waals surface area contributed by atoms with Crippen molar-refractivity contribution in [1.29, 1.82) is 0 Å². The summed E-state index contributed by atoms with van der Waals surface area (Å²) >= 11 is 0. The second-order valence-electron chi connectivity index (χ2n) is 4.41. The summed E-state index contributed by atoms with van der Waals surface area (Å²) in [6.45, 7) is 3.42. The van der Waals surface area contributed by atoms with Gasteiger partial charge < -0.3 is 5.32 Å². The first-order valence-corrected chi connectivity index (χ1v) is 5.97. The number of aromatic nitrogens is 4. The van der Waals surface area contributed by atoms with Crippen LogP contribution >= 0.6 is 0 Å². The number of fused-ring (bicyclic) bond motifs is 1. The molecule has 6 heteroatoms. The van der Waals surface area contributed by atoms with Crippen LogP contribution in [-0.2, 0) is 4.79 Å². The van der Waals surface area contributed by atoms with E-state index in [0.717, 1.165) is 11.4 Å². The standard InChI is InChI=1S/C13H13N5O/c1-8-11(9(2)19)12(10-5-3-4-6-14-10)18-13(17-8)15-7-16-18/h3-7,12H,1-2H3,(H,15,16,17)/t12-/m0/s1. The quantitative estimate of drug-likeness (QED) is 0.881. The number of carbonyl (C=O) groups is 1. The number of rotatable bonds is 2. The molecule has 0 radical (unpaired) electrons. The number of hydrogen-bond acceptors (Lipinski definition) is 5. The molecular formula is C13H13N5O. The van der Waals surface area contributed by atoms with E-state index in [1.807, 2.05) is 25.1 Å². The van der Waals surface area contributed by atoms with Crippen molar-refractivity contribution in [2.45, 2.75) is 19.9 Å². The van der Waals surface area contributed by atoms with Gasteiger partial charge >= 0.3 is 0 Å². The van der Waals surface area contributed by atoms with E-state index in [4.69, 9.17) is 0 Å². The van der Waals surface area contributed by atoms with Gasteiger partial charge in [0.05, 0.1) is 5.69 Å². The molecule has 0 aromatic carbocycles. The van der Waals surface area contributed by atoms with Gasteiger partial charge in [0.2, 0.25) is 5.95 Å². The lowest BCUT2D eigenvalue weighted by atomic mass is 9.96. The summed E-state index contributed by atoms with van der Waals surface area (Å²) in [6, 6.07) is 5.31. The maximum Gasteiger partial charge on any atom is 0.226 e. The Balaban J connectivity index is 2.21. The Morgan fingerprint density at radius 2 is 2.21 bits per heavy atom. The van der Waals surface area contributed by atoms with Gasteiger partial charge in [-0.3, -0.25) is 9.78 Å². The Bertz CT molecular complexity index is 659. The van der Waals surface area contributed by atoms with Gasteiger partial charge in [-0.1, -0.05) is 6.07 Å². The van der Waals surface area contributed by atoms with Crippen LogP contribution in [0.5, 0.6) is 0 Å². The summed E-state index contributed by atoms with van der Waals surface area (Å²) in [5.41, 5.74) is 2.24. The number of pyridine rings is 1. The minimum atomic E-state index is -0.322. The van der Waals surface area contributed by atoms with Crippen molar-refractivity contribution < 1.29 is 4.79 Å². The second kappa shape index (κ2) is 4.31. The first-order chi connectivity index (χ1) is 9.18. The van der Waals surface area contributed by atoms with Crippen molar-refractivity contribution in [3.8, 4) is 0 Å². The number of hydrogen-bond donors (Lipinski definition) is 1. The fourth-order valence-corrected chi connectivity index (χ4v) is 2.36. The molecule has 0 aliphatic carbocycles. The molecule has 0 saturated carbocycles. The molecule has 19 heavy (non-hydrogen) atoms. The van der Waals surface area contributed by atoms with Crippen molar-refractivity contribution in [3.05, 3.63) is 47.7 Å². The number of carbonyl (C=O) groups excluding carboxylic acids is 1. The van der Waals surface area contributed by atoms with Crippen LogP contribution in [0.1, 0.15) is 25.6 Å². The highest BCUT2D eigenvalue weighted by atomic mass is 16.1. The van der Waals surface area contributed by atoms with Gasteiger partial charge in [-0.05, 0) is 26.0 Å². The smallest absolute Gasteiger partial charge is 0.226 e. The molecule has 1 atom stereocenters. The molecule has 0 unspecified atom stereocenters. The minimum absolute atomic E-state index is 0.00167. The molecule has 0 saturated heterocycles. The van der Waals surface area contributed by atoms with Crippen molar-refractivity contribution in [2.24, 2.45) is 0 Å². The number of ketones is 1. The van der Waals surface area contributed by atoms with Crippen LogP contribution in [0.3, 0.4) is 0 Å². The number of anilines is 1. The van der Waals surface area contributed by atoms with Crippen molar-refractivity contribution in [2.75, 3.05) is 5.32 Å². The highest BCUT2D eigenvalue weighted by Crippen LogP contribution is 2.33. The van der Waals surface area contributed by atoms with Crippen LogP contribution < -0.4 is 5.32 Å². The van der Waals surface area contributed by atoms with Crippen LogP contribution in [0, 0.1) is 0 Å². The maximum atomic E-state index is 11.9. The van der Waals surface area contributed by atoms with E-state index in [1.54, 1.807) is 17.8 Å². The molecule has 1 aliphatic heterocycles. The van der Waals surface area contributed by atoms with E-state index in [9.17, 15) is 4.79 Å². The Hall–Kier alpha value is -2.50. The fraction of sp³-hybridized carbons (Fsp3) is 0.231. The Labute approximate surface area is 110 Å². The van der Waals surface area contributed by atoms with Gasteiger partial charge in [0, 0.05) is 17.5 Å². The van der Waals surface area contributed by atoms with Crippen LogP contribution in [0.25, 0.3) is 0 Å². The summed E-state index contributed by atoms with van der Waals surface area (Å²) in [5, 5.41) is 7.29. The van der Waals surface area contributed by atoms with Gasteiger partial charge in [0.25, 0.3) is 0 Å². The zero-order chi connectivity index (χ0) is 13.4. The summed E-state index contributed by atoms with van der Waals surface area (Å²) in [5.74, 6) is 0.625. The lowest BCUT2D eigenvalue weighted by molar-refractivity contribution is -0.114. The normalized spacial score (nSPS) is 17.9. The van der Waals surface area contributed by atoms with E-state index >= 15 is 0 Å². The summed E-state index contributed by atoms with van der Waals surface area (Å²) in [7, 11) is 0. The number of Topliss-reactive ketones (excluding diaryl/α,β-unsaturated/α-hetero) is 1. The van der Waals surface area contributed by atoms with E-state index in [-0.39, 0.29) is 11.8 Å². The second-order valence-corrected chi connectivity index (χ2v) is 4.41. The highest BCUT2D eigenvalue weighted by Gasteiger charge is 2.32. The molecule has 2 aromatic heterocycles. The summed E-state index contributed by atoms with van der Waals surface area (Å²) in [6.07, 6.45) is 3.18. The number of nitrogens with one attached hydrogen (secondary N) is 1. The van der Waals surface area contributed by atoms with Crippen molar-refractivity contribution in [1.82, 2.24) is 19.7 Å². The van der Waals surface area contributed by atoms with Gasteiger partial charge in [0.15, 0.2) is 5.78 Å². The molecule has 0 fully saturated rings. The zero-order valence-electron chi connectivity index (χ0n) is 10.7. The van der Waals surface area contributed by atoms with Crippen LogP contribution in [0.2, 0.25) is 0 Å². The van der Waals surface area contributed by atoms with Crippen LogP contribution in [-0.4, -0.2) is 25.5 Å². The lowest BCUT2D eigenvalue weighted by Crippen LogP contribution is -2.28. The monoisotopic (exact) mass is 255 g/mol. The fourth-order valence-electron chi connectivity index (χ4n) is 2.36. The largest absolute Gasteiger partial charge is 0.328 e. The average molecular weight is 255 g/mol. The molecule has 3 heterocycles. The van der Waals surface area contributed by atoms with Gasteiger partial charge in [-0.15, -0.1) is 0 Å². The number of allylic oxidation sites excluding steroid dienone is 2. The van der Waals surface area contributed by atoms with Gasteiger partial charge in [0.1, 0.15) is 12.4 Å². The molecular weight excluding hydrogens is 242 g/mol. The molecule has 0 amide bonds. The predicted molar refractivity (Wildman–Crippen MR) is 69.4 cm³/mol. The van der Waals surface area contributed by atoms with Crippen LogP contribution in [0.4, 0.5) is 5.95 Å². The molecule has 6 nitrogen and oxygen atoms in total. The molecule has 3 rings (SSSR count). The van der Waals surface area contributed by atoms with Crippen LogP contribution in [0.15, 0.2) is 42.0 Å². The van der Waals surface area contributed by atoms with E-state index in [1.165, 1.54) is 6.33 Å². The van der Waals surface area contributed by atoms with Gasteiger partial charge in [-0.2, -0.15) is 10.1 Å². The predicted octanol–water partition coefficient (Wildman–Crippen LogP) is 1.55. The summed E-state index contributed by atoms with van der Waals surface area (Å²) < 4.78 is 1.69. The third-order valence-corrected chi connectivity index (χ3v) is 3.14. The van der Waals surface area contributed by atoms with Gasteiger partial charge in [-0.25, -0.2) is 4.68 Å². The third kappa shape index (κ3) is 1.81. The third-order valence-electron chi connectivity index (χ3n) is 3.14. The van der Waals surface area contributed by atoms with E-state index < -0.39 is 0 Å².